The Kier molecular flexibility index (Phi) is 4.26. The molecule has 3 nitrogen and oxygen atoms in total. The van der Waals surface area contributed by atoms with E-state index < -0.39 is 4.33 Å². The Bertz CT molecular complexity index is 456. The van der Waals surface area contributed by atoms with Gasteiger partial charge in [0.2, 0.25) is 0 Å². The van der Waals surface area contributed by atoms with Gasteiger partial charge in [-0.1, -0.05) is 12.1 Å². The number of esters is 1. The maximum Gasteiger partial charge on any atom is 0.306 e. The molecule has 2 atom stereocenters. The highest BCUT2D eigenvalue weighted by atomic mass is 35.5. The van der Waals surface area contributed by atoms with Gasteiger partial charge in [-0.25, -0.2) is 0 Å². The lowest BCUT2D eigenvalue weighted by Crippen LogP contribution is -2.06. The summed E-state index contributed by atoms with van der Waals surface area (Å²) in [5.41, 5.74) is 1.01. The monoisotopic (exact) mass is 302 g/mol. The Morgan fingerprint density at radius 2 is 1.95 bits per heavy atom. The van der Waals surface area contributed by atoms with Crippen LogP contribution in [-0.2, 0) is 9.53 Å². The minimum atomic E-state index is -0.888. The zero-order valence-electron chi connectivity index (χ0n) is 10.9. The standard InChI is InChI=1S/C14H16Cl2O3/c1-3-19-12(17)8-11-13(14(11,15)16)9-4-6-10(18-2)7-5-9/h4-7,11,13H,3,8H2,1-2H3. The van der Waals surface area contributed by atoms with Crippen LogP contribution in [-0.4, -0.2) is 24.0 Å². The second-order valence-electron chi connectivity index (χ2n) is 4.54. The molecule has 104 valence electrons. The summed E-state index contributed by atoms with van der Waals surface area (Å²) < 4.78 is 9.15. The van der Waals surface area contributed by atoms with Crippen LogP contribution in [0.5, 0.6) is 5.75 Å². The SMILES string of the molecule is CCOC(=O)CC1C(c2ccc(OC)cc2)C1(Cl)Cl. The first kappa shape index (κ1) is 14.5. The van der Waals surface area contributed by atoms with E-state index in [0.717, 1.165) is 11.3 Å². The third-order valence-corrected chi connectivity index (χ3v) is 4.40. The molecule has 0 amide bonds. The van der Waals surface area contributed by atoms with Crippen molar-refractivity contribution in [2.45, 2.75) is 23.6 Å². The summed E-state index contributed by atoms with van der Waals surface area (Å²) in [4.78, 5) is 11.5. The van der Waals surface area contributed by atoms with Crippen molar-refractivity contribution in [3.05, 3.63) is 29.8 Å². The van der Waals surface area contributed by atoms with Gasteiger partial charge in [0.05, 0.1) is 20.1 Å². The number of hydrogen-bond acceptors (Lipinski definition) is 3. The van der Waals surface area contributed by atoms with Crippen molar-refractivity contribution in [1.29, 1.82) is 0 Å². The third-order valence-electron chi connectivity index (χ3n) is 3.37. The Hall–Kier alpha value is -0.930. The summed E-state index contributed by atoms with van der Waals surface area (Å²) in [6.07, 6.45) is 0.248. The van der Waals surface area contributed by atoms with Crippen molar-refractivity contribution in [3.63, 3.8) is 0 Å². The van der Waals surface area contributed by atoms with Crippen LogP contribution in [0.25, 0.3) is 0 Å². The highest BCUT2D eigenvalue weighted by Gasteiger charge is 2.64. The van der Waals surface area contributed by atoms with E-state index in [1.54, 1.807) is 14.0 Å². The van der Waals surface area contributed by atoms with Crippen molar-refractivity contribution in [1.82, 2.24) is 0 Å². The smallest absolute Gasteiger partial charge is 0.306 e. The zero-order valence-corrected chi connectivity index (χ0v) is 12.4. The van der Waals surface area contributed by atoms with Crippen molar-refractivity contribution >= 4 is 29.2 Å². The lowest BCUT2D eigenvalue weighted by molar-refractivity contribution is -0.143. The molecule has 0 bridgehead atoms. The van der Waals surface area contributed by atoms with E-state index in [2.05, 4.69) is 0 Å². The molecule has 1 aliphatic rings. The van der Waals surface area contributed by atoms with Crippen molar-refractivity contribution < 1.29 is 14.3 Å². The van der Waals surface area contributed by atoms with E-state index in [1.165, 1.54) is 0 Å². The number of methoxy groups -OCH3 is 1. The molecular formula is C14H16Cl2O3. The quantitative estimate of drug-likeness (QED) is 0.616. The molecule has 5 heteroatoms. The molecule has 0 aliphatic heterocycles. The fraction of sp³-hybridized carbons (Fsp3) is 0.500. The minimum absolute atomic E-state index is 0.0360. The molecule has 19 heavy (non-hydrogen) atoms. The largest absolute Gasteiger partial charge is 0.497 e. The first-order chi connectivity index (χ1) is 9.00. The number of rotatable bonds is 5. The van der Waals surface area contributed by atoms with Crippen LogP contribution < -0.4 is 4.74 Å². The third kappa shape index (κ3) is 2.98. The Morgan fingerprint density at radius 1 is 1.32 bits per heavy atom. The predicted octanol–water partition coefficient (Wildman–Crippen LogP) is 3.54. The molecule has 1 saturated carbocycles. The number of carbonyl (C=O) groups is 1. The topological polar surface area (TPSA) is 35.5 Å². The first-order valence-electron chi connectivity index (χ1n) is 6.18. The Morgan fingerprint density at radius 3 is 2.47 bits per heavy atom. The fourth-order valence-corrected chi connectivity index (χ4v) is 3.15. The van der Waals surface area contributed by atoms with Crippen LogP contribution in [0, 0.1) is 5.92 Å². The first-order valence-corrected chi connectivity index (χ1v) is 6.93. The Balaban J connectivity index is 2.06. The molecule has 1 aliphatic carbocycles. The molecule has 2 unspecified atom stereocenters. The average molecular weight is 303 g/mol. The van der Waals surface area contributed by atoms with Gasteiger partial charge >= 0.3 is 5.97 Å². The lowest BCUT2D eigenvalue weighted by Gasteiger charge is -2.03. The summed E-state index contributed by atoms with van der Waals surface area (Å²) in [6.45, 7) is 2.15. The normalized spacial score (nSPS) is 23.8. The van der Waals surface area contributed by atoms with Crippen LogP contribution in [0.3, 0.4) is 0 Å². The number of carbonyl (C=O) groups excluding carboxylic acids is 1. The van der Waals surface area contributed by atoms with Crippen LogP contribution >= 0.6 is 23.2 Å². The highest BCUT2D eigenvalue weighted by Crippen LogP contribution is 2.66. The van der Waals surface area contributed by atoms with Gasteiger partial charge in [0, 0.05) is 11.8 Å². The minimum Gasteiger partial charge on any atom is -0.497 e. The predicted molar refractivity (Wildman–Crippen MR) is 74.9 cm³/mol. The van der Waals surface area contributed by atoms with Crippen molar-refractivity contribution in [2.24, 2.45) is 5.92 Å². The number of ether oxygens (including phenoxy) is 2. The van der Waals surface area contributed by atoms with Gasteiger partial charge < -0.3 is 9.47 Å². The summed E-state index contributed by atoms with van der Waals surface area (Å²) in [5.74, 6) is 0.393. The summed E-state index contributed by atoms with van der Waals surface area (Å²) in [7, 11) is 1.61. The number of alkyl halides is 2. The average Bonchev–Trinajstić information content (AvgIpc) is 2.91. The van der Waals surface area contributed by atoms with Crippen molar-refractivity contribution in [3.8, 4) is 5.75 Å². The number of halogens is 2. The molecule has 0 saturated heterocycles. The zero-order chi connectivity index (χ0) is 14.0. The van der Waals surface area contributed by atoms with Gasteiger partial charge in [-0.3, -0.25) is 4.79 Å². The van der Waals surface area contributed by atoms with Gasteiger partial charge in [-0.05, 0) is 24.6 Å². The van der Waals surface area contributed by atoms with E-state index in [-0.39, 0.29) is 24.2 Å². The van der Waals surface area contributed by atoms with Crippen LogP contribution in [0.15, 0.2) is 24.3 Å². The van der Waals surface area contributed by atoms with E-state index in [0.29, 0.717) is 6.61 Å². The fourth-order valence-electron chi connectivity index (χ4n) is 2.31. The van der Waals surface area contributed by atoms with Gasteiger partial charge in [0.1, 0.15) is 10.1 Å². The highest BCUT2D eigenvalue weighted by molar-refractivity contribution is 6.52. The van der Waals surface area contributed by atoms with E-state index in [4.69, 9.17) is 32.7 Å². The molecule has 1 fully saturated rings. The summed E-state index contributed by atoms with van der Waals surface area (Å²) >= 11 is 12.5. The molecule has 2 rings (SSSR count). The van der Waals surface area contributed by atoms with Gasteiger partial charge in [0.15, 0.2) is 0 Å². The van der Waals surface area contributed by atoms with E-state index >= 15 is 0 Å². The van der Waals surface area contributed by atoms with Crippen molar-refractivity contribution in [2.75, 3.05) is 13.7 Å². The lowest BCUT2D eigenvalue weighted by atomic mass is 10.1. The molecule has 1 aromatic rings. The van der Waals surface area contributed by atoms with Gasteiger partial charge in [-0.15, -0.1) is 23.2 Å². The second-order valence-corrected chi connectivity index (χ2v) is 5.99. The number of benzene rings is 1. The number of hydrogen-bond donors (Lipinski definition) is 0. The maximum absolute atomic E-state index is 11.5. The molecule has 1 aromatic carbocycles. The molecular weight excluding hydrogens is 287 g/mol. The van der Waals surface area contributed by atoms with Gasteiger partial charge in [0.25, 0.3) is 0 Å². The molecule has 0 radical (unpaired) electrons. The van der Waals surface area contributed by atoms with Crippen LogP contribution in [0.4, 0.5) is 0 Å². The van der Waals surface area contributed by atoms with Crippen LogP contribution in [0.1, 0.15) is 24.8 Å². The molecule has 0 aromatic heterocycles. The maximum atomic E-state index is 11.5. The van der Waals surface area contributed by atoms with E-state index in [9.17, 15) is 4.79 Å². The molecule has 0 spiro atoms. The molecule has 0 heterocycles. The second kappa shape index (κ2) is 5.59. The molecule has 0 N–H and O–H groups in total. The van der Waals surface area contributed by atoms with Crippen LogP contribution in [0.2, 0.25) is 0 Å². The summed E-state index contributed by atoms with van der Waals surface area (Å²) in [5, 5.41) is 0. The Labute approximate surface area is 122 Å². The van der Waals surface area contributed by atoms with Gasteiger partial charge in [-0.2, -0.15) is 0 Å². The van der Waals surface area contributed by atoms with E-state index in [1.807, 2.05) is 24.3 Å². The summed E-state index contributed by atoms with van der Waals surface area (Å²) in [6, 6.07) is 7.57.